The second-order valence-electron chi connectivity index (χ2n) is 4.83. The largest absolute Gasteiger partial charge is 0.461 e. The zero-order valence-electron chi connectivity index (χ0n) is 12.1. The van der Waals surface area contributed by atoms with Gasteiger partial charge in [0, 0.05) is 5.70 Å². The van der Waals surface area contributed by atoms with Gasteiger partial charge in [-0.15, -0.1) is 0 Å². The van der Waals surface area contributed by atoms with Gasteiger partial charge in [0.1, 0.15) is 18.3 Å². The lowest BCUT2D eigenvalue weighted by molar-refractivity contribution is -0.147. The second-order valence-corrected chi connectivity index (χ2v) is 4.83. The van der Waals surface area contributed by atoms with Crippen molar-refractivity contribution < 1.29 is 18.7 Å². The van der Waals surface area contributed by atoms with Crippen LogP contribution < -0.4 is 10.6 Å². The lowest BCUT2D eigenvalue weighted by Gasteiger charge is -2.33. The fourth-order valence-electron chi connectivity index (χ4n) is 2.23. The minimum absolute atomic E-state index is 0.142. The van der Waals surface area contributed by atoms with Crippen molar-refractivity contribution in [3.8, 4) is 0 Å². The summed E-state index contributed by atoms with van der Waals surface area (Å²) >= 11 is 0. The Morgan fingerprint density at radius 3 is 2.73 bits per heavy atom. The van der Waals surface area contributed by atoms with Gasteiger partial charge in [-0.3, -0.25) is 4.79 Å². The van der Waals surface area contributed by atoms with E-state index < -0.39 is 29.8 Å². The summed E-state index contributed by atoms with van der Waals surface area (Å²) in [4.78, 5) is 23.9. The second kappa shape index (κ2) is 6.89. The van der Waals surface area contributed by atoms with Crippen molar-refractivity contribution >= 4 is 12.0 Å². The monoisotopic (exact) mass is 304 g/mol. The van der Waals surface area contributed by atoms with Crippen LogP contribution >= 0.6 is 0 Å². The molecule has 6 heteroatoms. The number of amides is 2. The van der Waals surface area contributed by atoms with Gasteiger partial charge >= 0.3 is 12.0 Å². The van der Waals surface area contributed by atoms with Crippen molar-refractivity contribution in [2.75, 3.05) is 6.61 Å². The highest BCUT2D eigenvalue weighted by Crippen LogP contribution is 2.30. The normalized spacial score (nSPS) is 21.4. The minimum atomic E-state index is -0.784. The molecule has 2 rings (SSSR count). The van der Waals surface area contributed by atoms with Gasteiger partial charge in [-0.05, 0) is 24.6 Å². The minimum Gasteiger partial charge on any atom is -0.461 e. The molecular weight excluding hydrogens is 287 g/mol. The Morgan fingerprint density at radius 1 is 1.41 bits per heavy atom. The molecule has 0 saturated carbocycles. The molecule has 1 saturated heterocycles. The van der Waals surface area contributed by atoms with E-state index in [2.05, 4.69) is 17.2 Å². The van der Waals surface area contributed by atoms with Crippen molar-refractivity contribution in [1.29, 1.82) is 0 Å². The summed E-state index contributed by atoms with van der Waals surface area (Å²) in [5.74, 6) is -1.69. The van der Waals surface area contributed by atoms with E-state index >= 15 is 0 Å². The molecule has 1 aromatic carbocycles. The number of carbonyl (C=O) groups excluding carboxylic acids is 2. The lowest BCUT2D eigenvalue weighted by Crippen LogP contribution is -2.51. The van der Waals surface area contributed by atoms with Crippen molar-refractivity contribution in [3.05, 3.63) is 60.1 Å². The summed E-state index contributed by atoms with van der Waals surface area (Å²) < 4.78 is 18.2. The SMILES string of the molecule is C=C1NC(=O)N[C@H](c2ccc(F)cc2)[C@H]1C(=O)OC/C=C/C. The highest BCUT2D eigenvalue weighted by molar-refractivity contribution is 5.85. The summed E-state index contributed by atoms with van der Waals surface area (Å²) in [6.45, 7) is 5.68. The fraction of sp³-hybridized carbons (Fsp3) is 0.250. The average molecular weight is 304 g/mol. The van der Waals surface area contributed by atoms with Gasteiger partial charge in [0.15, 0.2) is 0 Å². The van der Waals surface area contributed by atoms with Crippen LogP contribution in [0.15, 0.2) is 48.7 Å². The van der Waals surface area contributed by atoms with E-state index in [-0.39, 0.29) is 12.3 Å². The first-order valence-corrected chi connectivity index (χ1v) is 6.82. The Labute approximate surface area is 127 Å². The van der Waals surface area contributed by atoms with Crippen LogP contribution in [0.4, 0.5) is 9.18 Å². The third-order valence-electron chi connectivity index (χ3n) is 3.31. The highest BCUT2D eigenvalue weighted by atomic mass is 19.1. The number of urea groups is 1. The van der Waals surface area contributed by atoms with Crippen molar-refractivity contribution in [2.45, 2.75) is 13.0 Å². The number of allylic oxidation sites excluding steroid dienone is 1. The van der Waals surface area contributed by atoms with Gasteiger partial charge in [-0.2, -0.15) is 0 Å². The first-order valence-electron chi connectivity index (χ1n) is 6.82. The molecule has 0 bridgehead atoms. The van der Waals surface area contributed by atoms with Crippen LogP contribution in [0.25, 0.3) is 0 Å². The van der Waals surface area contributed by atoms with Crippen molar-refractivity contribution in [2.24, 2.45) is 5.92 Å². The highest BCUT2D eigenvalue weighted by Gasteiger charge is 2.38. The molecule has 116 valence electrons. The van der Waals surface area contributed by atoms with Gasteiger partial charge in [-0.25, -0.2) is 9.18 Å². The Bertz CT molecular complexity index is 610. The van der Waals surface area contributed by atoms with Gasteiger partial charge in [0.25, 0.3) is 0 Å². The van der Waals surface area contributed by atoms with E-state index in [1.165, 1.54) is 24.3 Å². The molecular formula is C16H17FN2O3. The quantitative estimate of drug-likeness (QED) is 0.663. The van der Waals surface area contributed by atoms with E-state index in [0.29, 0.717) is 5.56 Å². The molecule has 1 fully saturated rings. The van der Waals surface area contributed by atoms with E-state index in [1.54, 1.807) is 12.2 Å². The molecule has 1 aliphatic heterocycles. The predicted octanol–water partition coefficient (Wildman–Crippen LogP) is 2.43. The Kier molecular flexibility index (Phi) is 4.93. The molecule has 0 radical (unpaired) electrons. The molecule has 1 aromatic rings. The number of nitrogens with one attached hydrogen (secondary N) is 2. The van der Waals surface area contributed by atoms with E-state index in [4.69, 9.17) is 4.74 Å². The number of benzene rings is 1. The zero-order chi connectivity index (χ0) is 16.1. The average Bonchev–Trinajstić information content (AvgIpc) is 2.47. The smallest absolute Gasteiger partial charge is 0.319 e. The maximum Gasteiger partial charge on any atom is 0.319 e. The van der Waals surface area contributed by atoms with Crippen LogP contribution in [-0.4, -0.2) is 18.6 Å². The predicted molar refractivity (Wildman–Crippen MR) is 79.2 cm³/mol. The third kappa shape index (κ3) is 3.52. The third-order valence-corrected chi connectivity index (χ3v) is 3.31. The van der Waals surface area contributed by atoms with E-state index in [9.17, 15) is 14.0 Å². The number of halogens is 1. The molecule has 0 unspecified atom stereocenters. The van der Waals surface area contributed by atoms with E-state index in [1.807, 2.05) is 6.92 Å². The molecule has 0 spiro atoms. The van der Waals surface area contributed by atoms with Crippen LogP contribution in [-0.2, 0) is 9.53 Å². The Hall–Kier alpha value is -2.63. The molecule has 2 atom stereocenters. The van der Waals surface area contributed by atoms with Gasteiger partial charge in [-0.1, -0.05) is 30.9 Å². The molecule has 1 heterocycles. The Morgan fingerprint density at radius 2 is 2.09 bits per heavy atom. The van der Waals surface area contributed by atoms with Crippen LogP contribution in [0, 0.1) is 11.7 Å². The van der Waals surface area contributed by atoms with Gasteiger partial charge in [0.05, 0.1) is 6.04 Å². The summed E-state index contributed by atoms with van der Waals surface area (Å²) in [6, 6.07) is 4.47. The number of hydrogen-bond acceptors (Lipinski definition) is 3. The van der Waals surface area contributed by atoms with Crippen LogP contribution in [0.5, 0.6) is 0 Å². The summed E-state index contributed by atoms with van der Waals surface area (Å²) in [5, 5.41) is 5.13. The van der Waals surface area contributed by atoms with Gasteiger partial charge < -0.3 is 15.4 Å². The number of hydrogen-bond donors (Lipinski definition) is 2. The zero-order valence-corrected chi connectivity index (χ0v) is 12.1. The first kappa shape index (κ1) is 15.8. The number of esters is 1. The summed E-state index contributed by atoms with van der Waals surface area (Å²) in [6.07, 6.45) is 3.46. The molecule has 2 amide bonds. The van der Waals surface area contributed by atoms with Crippen LogP contribution in [0.1, 0.15) is 18.5 Å². The molecule has 2 N–H and O–H groups in total. The van der Waals surface area contributed by atoms with Crippen molar-refractivity contribution in [1.82, 2.24) is 10.6 Å². The standard InChI is InChI=1S/C16H17FN2O3/c1-3-4-9-22-15(20)13-10(2)18-16(21)19-14(13)11-5-7-12(17)8-6-11/h3-8,13-14H,2,9H2,1H3,(H2,18,19,21)/b4-3+/t13-,14+/m0/s1. The molecule has 5 nitrogen and oxygen atoms in total. The molecule has 1 aliphatic rings. The maximum atomic E-state index is 13.1. The fourth-order valence-corrected chi connectivity index (χ4v) is 2.23. The van der Waals surface area contributed by atoms with Crippen LogP contribution in [0.3, 0.4) is 0 Å². The topological polar surface area (TPSA) is 67.4 Å². The lowest BCUT2D eigenvalue weighted by atomic mass is 9.89. The molecule has 22 heavy (non-hydrogen) atoms. The van der Waals surface area contributed by atoms with Crippen molar-refractivity contribution in [3.63, 3.8) is 0 Å². The summed E-state index contributed by atoms with van der Waals surface area (Å²) in [5.41, 5.74) is 0.855. The number of rotatable bonds is 4. The summed E-state index contributed by atoms with van der Waals surface area (Å²) in [7, 11) is 0. The molecule has 0 aliphatic carbocycles. The van der Waals surface area contributed by atoms with E-state index in [0.717, 1.165) is 0 Å². The Balaban J connectivity index is 2.25. The van der Waals surface area contributed by atoms with Gasteiger partial charge in [0.2, 0.25) is 0 Å². The maximum absolute atomic E-state index is 13.1. The van der Waals surface area contributed by atoms with Crippen LogP contribution in [0.2, 0.25) is 0 Å². The molecule has 0 aromatic heterocycles. The number of ether oxygens (including phenoxy) is 1. The number of carbonyl (C=O) groups is 2. The first-order chi connectivity index (χ1) is 10.5.